The van der Waals surface area contributed by atoms with Crippen molar-refractivity contribution in [1.82, 2.24) is 0 Å². The third-order valence-corrected chi connectivity index (χ3v) is 6.88. The van der Waals surface area contributed by atoms with Crippen LogP contribution in [0.2, 0.25) is 5.02 Å². The monoisotopic (exact) mass is 458 g/mol. The Morgan fingerprint density at radius 3 is 2.32 bits per heavy atom. The number of aliphatic hydroxyl groups excluding tert-OH is 4. The van der Waals surface area contributed by atoms with Crippen molar-refractivity contribution < 1.29 is 38.3 Å². The summed E-state index contributed by atoms with van der Waals surface area (Å²) in [4.78, 5) is 0. The van der Waals surface area contributed by atoms with Crippen LogP contribution in [0, 0.1) is 5.41 Å². The van der Waals surface area contributed by atoms with Crippen molar-refractivity contribution in [2.45, 2.75) is 42.9 Å². The van der Waals surface area contributed by atoms with Gasteiger partial charge in [-0.15, -0.1) is 0 Å². The molecule has 2 fully saturated rings. The summed E-state index contributed by atoms with van der Waals surface area (Å²) in [6.07, 6.45) is -8.38. The highest BCUT2D eigenvalue weighted by atomic mass is 35.5. The van der Waals surface area contributed by atoms with Crippen LogP contribution in [-0.2, 0) is 22.9 Å². The van der Waals surface area contributed by atoms with Crippen LogP contribution in [0.5, 0.6) is 0 Å². The van der Waals surface area contributed by atoms with Gasteiger partial charge in [0.25, 0.3) is 0 Å². The first-order valence-electron chi connectivity index (χ1n) is 9.76. The maximum absolute atomic E-state index is 12.8. The summed E-state index contributed by atoms with van der Waals surface area (Å²) in [5.74, 6) is 0. The van der Waals surface area contributed by atoms with Gasteiger partial charge in [-0.3, -0.25) is 0 Å². The van der Waals surface area contributed by atoms with E-state index in [2.05, 4.69) is 0 Å². The molecule has 4 N–H and O–H groups in total. The molecule has 5 atom stereocenters. The molecule has 1 saturated carbocycles. The van der Waals surface area contributed by atoms with Gasteiger partial charge in [-0.25, -0.2) is 0 Å². The Bertz CT molecular complexity index is 967. The van der Waals surface area contributed by atoms with Crippen LogP contribution in [-0.4, -0.2) is 52.0 Å². The number of rotatable bonds is 4. The van der Waals surface area contributed by atoms with Gasteiger partial charge >= 0.3 is 6.18 Å². The lowest BCUT2D eigenvalue weighted by molar-refractivity contribution is -0.188. The molecule has 0 unspecified atom stereocenters. The molecular formula is C22H22ClF3O5. The molecule has 9 heteroatoms. The number of benzene rings is 2. The summed E-state index contributed by atoms with van der Waals surface area (Å²) in [6.45, 7) is -0.471. The molecule has 0 amide bonds. The molecule has 2 aliphatic rings. The number of hydrogen-bond donors (Lipinski definition) is 4. The normalized spacial score (nSPS) is 33.0. The SMILES string of the molecule is OC[C@]12CO[C@](c3ccc(Cl)c(Cc4ccc(C(F)(F)F)cc4)c3)(C1)[C@H](O)[C@@H](O)[C@H]2O. The lowest BCUT2D eigenvalue weighted by atomic mass is 9.64. The first kappa shape index (κ1) is 22.5. The van der Waals surface area contributed by atoms with Crippen molar-refractivity contribution in [2.75, 3.05) is 13.2 Å². The van der Waals surface area contributed by atoms with E-state index in [0.29, 0.717) is 21.7 Å². The summed E-state index contributed by atoms with van der Waals surface area (Å²) < 4.78 is 44.3. The minimum absolute atomic E-state index is 0.0460. The van der Waals surface area contributed by atoms with Crippen molar-refractivity contribution in [1.29, 1.82) is 0 Å². The highest BCUT2D eigenvalue weighted by molar-refractivity contribution is 6.31. The smallest absolute Gasteiger partial charge is 0.396 e. The largest absolute Gasteiger partial charge is 0.416 e. The molecule has 0 radical (unpaired) electrons. The molecule has 1 aliphatic heterocycles. The fraction of sp³-hybridized carbons (Fsp3) is 0.455. The van der Waals surface area contributed by atoms with Gasteiger partial charge in [-0.05, 0) is 47.7 Å². The van der Waals surface area contributed by atoms with Crippen LogP contribution in [0.15, 0.2) is 42.5 Å². The van der Waals surface area contributed by atoms with Gasteiger partial charge < -0.3 is 25.2 Å². The molecule has 0 aromatic heterocycles. The Labute approximate surface area is 181 Å². The summed E-state index contributed by atoms with van der Waals surface area (Å²) in [6, 6.07) is 9.68. The molecule has 2 aromatic carbocycles. The van der Waals surface area contributed by atoms with Gasteiger partial charge in [0.2, 0.25) is 0 Å². The van der Waals surface area contributed by atoms with Crippen LogP contribution < -0.4 is 0 Å². The number of hydrogen-bond acceptors (Lipinski definition) is 5. The second kappa shape index (κ2) is 7.72. The molecule has 0 spiro atoms. The second-order valence-electron chi connectivity index (χ2n) is 8.43. The van der Waals surface area contributed by atoms with Gasteiger partial charge in [-0.2, -0.15) is 13.2 Å². The topological polar surface area (TPSA) is 90.2 Å². The quantitative estimate of drug-likeness (QED) is 0.565. The van der Waals surface area contributed by atoms with E-state index in [1.807, 2.05) is 0 Å². The van der Waals surface area contributed by atoms with Gasteiger partial charge in [0.05, 0.1) is 24.9 Å². The lowest BCUT2D eigenvalue weighted by Crippen LogP contribution is -2.60. The maximum Gasteiger partial charge on any atom is 0.416 e. The van der Waals surface area contributed by atoms with E-state index in [1.54, 1.807) is 18.2 Å². The van der Waals surface area contributed by atoms with Crippen LogP contribution >= 0.6 is 11.6 Å². The Hall–Kier alpha value is -1.68. The van der Waals surface area contributed by atoms with Crippen molar-refractivity contribution >= 4 is 11.6 Å². The Kier molecular flexibility index (Phi) is 5.61. The number of fused-ring (bicyclic) bond motifs is 2. The third kappa shape index (κ3) is 3.65. The highest BCUT2D eigenvalue weighted by Crippen LogP contribution is 2.55. The number of alkyl halides is 3. The summed E-state index contributed by atoms with van der Waals surface area (Å²) >= 11 is 6.32. The van der Waals surface area contributed by atoms with Gasteiger partial charge in [0, 0.05) is 10.4 Å². The van der Waals surface area contributed by atoms with Crippen molar-refractivity contribution in [3.63, 3.8) is 0 Å². The lowest BCUT2D eigenvalue weighted by Gasteiger charge is -2.46. The van der Waals surface area contributed by atoms with Crippen LogP contribution in [0.4, 0.5) is 13.2 Å². The van der Waals surface area contributed by atoms with E-state index in [9.17, 15) is 33.6 Å². The predicted octanol–water partition coefficient (Wildman–Crippen LogP) is 2.64. The fourth-order valence-corrected chi connectivity index (χ4v) is 4.83. The van der Waals surface area contributed by atoms with E-state index in [4.69, 9.17) is 16.3 Å². The number of ether oxygens (including phenoxy) is 1. The zero-order valence-corrected chi connectivity index (χ0v) is 17.1. The fourth-order valence-electron chi connectivity index (χ4n) is 4.64. The maximum atomic E-state index is 12.8. The van der Waals surface area contributed by atoms with E-state index in [1.165, 1.54) is 12.1 Å². The van der Waals surface area contributed by atoms with E-state index in [-0.39, 0.29) is 19.4 Å². The highest BCUT2D eigenvalue weighted by Gasteiger charge is 2.65. The molecule has 4 rings (SSSR count). The second-order valence-corrected chi connectivity index (χ2v) is 8.84. The molecule has 1 saturated heterocycles. The third-order valence-electron chi connectivity index (χ3n) is 6.51. The van der Waals surface area contributed by atoms with E-state index in [0.717, 1.165) is 12.1 Å². The Morgan fingerprint density at radius 2 is 1.71 bits per heavy atom. The molecule has 31 heavy (non-hydrogen) atoms. The minimum atomic E-state index is -4.42. The zero-order valence-electron chi connectivity index (χ0n) is 16.3. The first-order chi connectivity index (χ1) is 14.5. The Balaban J connectivity index is 1.67. The standard InChI is InChI=1S/C22H22ClF3O5/c23-16-6-5-15(8-13(16)7-12-1-3-14(4-2-12)22(24,25)26)21-9-20(10-27,11-31-21)18(29)17(28)19(21)30/h1-6,8,17-19,27-30H,7,9-11H2/t17-,18+,19+,20-,21-/m0/s1. The van der Waals surface area contributed by atoms with Crippen molar-refractivity contribution in [2.24, 2.45) is 5.41 Å². The summed E-state index contributed by atoms with van der Waals surface area (Å²) in [7, 11) is 0. The summed E-state index contributed by atoms with van der Waals surface area (Å²) in [5, 5.41) is 41.7. The predicted molar refractivity (Wildman–Crippen MR) is 105 cm³/mol. The number of halogens is 4. The van der Waals surface area contributed by atoms with Crippen LogP contribution in [0.1, 0.15) is 28.7 Å². The van der Waals surface area contributed by atoms with E-state index < -0.39 is 47.7 Å². The molecule has 2 bridgehead atoms. The molecule has 1 heterocycles. The van der Waals surface area contributed by atoms with Crippen molar-refractivity contribution in [3.05, 3.63) is 69.7 Å². The van der Waals surface area contributed by atoms with Gasteiger partial charge in [0.15, 0.2) is 0 Å². The average molecular weight is 459 g/mol. The molecule has 168 valence electrons. The molecular weight excluding hydrogens is 437 g/mol. The van der Waals surface area contributed by atoms with Gasteiger partial charge in [-0.1, -0.05) is 35.9 Å². The average Bonchev–Trinajstić information content (AvgIpc) is 3.12. The Morgan fingerprint density at radius 1 is 1.03 bits per heavy atom. The minimum Gasteiger partial charge on any atom is -0.396 e. The molecule has 2 aromatic rings. The summed E-state index contributed by atoms with van der Waals surface area (Å²) in [5.41, 5.74) is -1.47. The number of aliphatic hydroxyl groups is 4. The molecule has 5 nitrogen and oxygen atoms in total. The van der Waals surface area contributed by atoms with Gasteiger partial charge in [0.1, 0.15) is 17.8 Å². The zero-order chi connectivity index (χ0) is 22.6. The van der Waals surface area contributed by atoms with Crippen LogP contribution in [0.3, 0.4) is 0 Å². The van der Waals surface area contributed by atoms with Crippen LogP contribution in [0.25, 0.3) is 0 Å². The molecule has 1 aliphatic carbocycles. The first-order valence-corrected chi connectivity index (χ1v) is 10.1. The van der Waals surface area contributed by atoms with Crippen molar-refractivity contribution in [3.8, 4) is 0 Å². The van der Waals surface area contributed by atoms with E-state index >= 15 is 0 Å².